The summed E-state index contributed by atoms with van der Waals surface area (Å²) < 4.78 is 0.778. The third-order valence-electron chi connectivity index (χ3n) is 0.901. The van der Waals surface area contributed by atoms with Gasteiger partial charge in [-0.1, -0.05) is 0 Å². The van der Waals surface area contributed by atoms with Crippen molar-refractivity contribution in [1.82, 2.24) is 0 Å². The van der Waals surface area contributed by atoms with Crippen molar-refractivity contribution in [2.24, 2.45) is 4.99 Å². The average molecular weight is 159 g/mol. The Bertz CT molecular complexity index is 179. The van der Waals surface area contributed by atoms with E-state index in [0.717, 1.165) is 4.48 Å². The quantitative estimate of drug-likeness (QED) is 0.290. The van der Waals surface area contributed by atoms with Gasteiger partial charge in [-0.3, -0.25) is 4.48 Å². The van der Waals surface area contributed by atoms with Gasteiger partial charge in [0, 0.05) is 0 Å². The second-order valence-electron chi connectivity index (χ2n) is 2.42. The smallest absolute Gasteiger partial charge is 0.194 e. The van der Waals surface area contributed by atoms with Crippen LogP contribution in [0.1, 0.15) is 0 Å². The van der Waals surface area contributed by atoms with Crippen molar-refractivity contribution in [3.63, 3.8) is 0 Å². The Morgan fingerprint density at radius 3 is 2.00 bits per heavy atom. The van der Waals surface area contributed by atoms with Crippen LogP contribution in [0.5, 0.6) is 0 Å². The van der Waals surface area contributed by atoms with Gasteiger partial charge in [-0.05, 0) is 0 Å². The van der Waals surface area contributed by atoms with Crippen LogP contribution in [-0.4, -0.2) is 30.0 Å². The van der Waals surface area contributed by atoms with Gasteiger partial charge < -0.3 is 15.3 Å². The molecular formula is C5H9N3O3. The first-order chi connectivity index (χ1) is 4.94. The molecule has 0 saturated heterocycles. The van der Waals surface area contributed by atoms with E-state index in [2.05, 4.69) is 19.1 Å². The van der Waals surface area contributed by atoms with Crippen molar-refractivity contribution in [2.75, 3.05) is 14.1 Å². The summed E-state index contributed by atoms with van der Waals surface area (Å²) in [5, 5.41) is 14.8. The van der Waals surface area contributed by atoms with Crippen molar-refractivity contribution < 1.29 is 9.57 Å². The highest BCUT2D eigenvalue weighted by molar-refractivity contribution is 5.50. The fraction of sp³-hybridized carbons (Fsp3) is 0.400. The molecular weight excluding hydrogens is 150 g/mol. The first-order valence-corrected chi connectivity index (χ1v) is 2.81. The van der Waals surface area contributed by atoms with Crippen LogP contribution < -0.4 is 0 Å². The Morgan fingerprint density at radius 2 is 1.91 bits per heavy atom. The number of aliphatic imine (C=N–C) groups is 1. The molecule has 1 aliphatic rings. The molecule has 0 bridgehead atoms. The van der Waals surface area contributed by atoms with Crippen LogP contribution in [0.2, 0.25) is 0 Å². The minimum Gasteiger partial charge on any atom is -0.356 e. The van der Waals surface area contributed by atoms with E-state index >= 15 is 0 Å². The lowest BCUT2D eigenvalue weighted by Crippen LogP contribution is -2.28. The first-order valence-electron chi connectivity index (χ1n) is 2.81. The fourth-order valence-electron chi connectivity index (χ4n) is 0.459. The molecule has 0 aromatic carbocycles. The molecule has 0 radical (unpaired) electrons. The Hall–Kier alpha value is -1.43. The van der Waals surface area contributed by atoms with Crippen LogP contribution >= 0.6 is 0 Å². The molecule has 0 unspecified atom stereocenters. The van der Waals surface area contributed by atoms with Crippen molar-refractivity contribution in [2.45, 2.75) is 0 Å². The monoisotopic (exact) mass is 159 g/mol. The molecule has 0 fully saturated rings. The van der Waals surface area contributed by atoms with Crippen LogP contribution in [0.15, 0.2) is 17.4 Å². The Kier molecular flexibility index (Phi) is 3.19. The van der Waals surface area contributed by atoms with Crippen LogP contribution in [0.3, 0.4) is 0 Å². The highest BCUT2D eigenvalue weighted by Gasteiger charge is 2.09. The summed E-state index contributed by atoms with van der Waals surface area (Å²) in [6.07, 6.45) is 5.69. The maximum atomic E-state index is 8.25. The summed E-state index contributed by atoms with van der Waals surface area (Å²) in [4.78, 5) is 12.2. The maximum Gasteiger partial charge on any atom is 0.194 e. The Labute approximate surface area is 63.8 Å². The largest absolute Gasteiger partial charge is 0.356 e. The first kappa shape index (κ1) is 9.57. The zero-order valence-electron chi connectivity index (χ0n) is 6.30. The topological polar surface area (TPSA) is 78.6 Å². The molecule has 0 aromatic rings. The molecule has 6 heteroatoms. The zero-order valence-corrected chi connectivity index (χ0v) is 6.30. The molecule has 1 rings (SSSR count). The van der Waals surface area contributed by atoms with E-state index in [1.54, 1.807) is 6.20 Å². The van der Waals surface area contributed by atoms with Gasteiger partial charge >= 0.3 is 0 Å². The molecule has 0 spiro atoms. The third kappa shape index (κ3) is 6.46. The minimum absolute atomic E-state index is 0.778. The Balaban J connectivity index is 0.000000218. The van der Waals surface area contributed by atoms with Crippen molar-refractivity contribution in [1.29, 1.82) is 0 Å². The maximum absolute atomic E-state index is 8.25. The van der Waals surface area contributed by atoms with E-state index in [9.17, 15) is 0 Å². The van der Waals surface area contributed by atoms with Gasteiger partial charge in [0.15, 0.2) is 6.34 Å². The van der Waals surface area contributed by atoms with Crippen LogP contribution in [-0.2, 0) is 0 Å². The molecule has 1 heterocycles. The zero-order chi connectivity index (χ0) is 8.91. The van der Waals surface area contributed by atoms with E-state index in [0.29, 0.717) is 0 Å². The number of quaternary nitrogens is 1. The van der Waals surface area contributed by atoms with Crippen LogP contribution in [0.4, 0.5) is 0 Å². The van der Waals surface area contributed by atoms with Gasteiger partial charge in [0.25, 0.3) is 0 Å². The SMILES string of the molecule is C[N+]1(C)C=CN=C1.O=[N+]([O-])[O-]. The summed E-state index contributed by atoms with van der Waals surface area (Å²) in [6, 6.07) is 0. The highest BCUT2D eigenvalue weighted by Crippen LogP contribution is 1.99. The van der Waals surface area contributed by atoms with Gasteiger partial charge in [0.1, 0.15) is 6.20 Å². The standard InChI is InChI=1S/C5H9N2.NO3/c1-7(2)4-3-6-5-7;2-1(3)4/h3-5H,1-2H3;/q+1;-1. The second-order valence-corrected chi connectivity index (χ2v) is 2.42. The van der Waals surface area contributed by atoms with E-state index in [1.165, 1.54) is 0 Å². The third-order valence-corrected chi connectivity index (χ3v) is 0.901. The van der Waals surface area contributed by atoms with Crippen molar-refractivity contribution in [3.8, 4) is 0 Å². The lowest BCUT2D eigenvalue weighted by Gasteiger charge is -2.12. The number of nitrogens with zero attached hydrogens (tertiary/aromatic N) is 3. The molecule has 0 amide bonds. The van der Waals surface area contributed by atoms with Gasteiger partial charge in [0.05, 0.1) is 25.4 Å². The summed E-state index contributed by atoms with van der Waals surface area (Å²) >= 11 is 0. The molecule has 0 atom stereocenters. The average Bonchev–Trinajstić information content (AvgIpc) is 2.11. The predicted octanol–water partition coefficient (Wildman–Crippen LogP) is 0.337. The summed E-state index contributed by atoms with van der Waals surface area (Å²) in [6.45, 7) is 0. The van der Waals surface area contributed by atoms with Gasteiger partial charge in [0.2, 0.25) is 0 Å². The molecule has 0 N–H and O–H groups in total. The molecule has 62 valence electrons. The van der Waals surface area contributed by atoms with Crippen molar-refractivity contribution >= 4 is 6.34 Å². The summed E-state index contributed by atoms with van der Waals surface area (Å²) in [7, 11) is 4.12. The summed E-state index contributed by atoms with van der Waals surface area (Å²) in [5.74, 6) is 0. The molecule has 6 nitrogen and oxygen atoms in total. The predicted molar refractivity (Wildman–Crippen MR) is 40.1 cm³/mol. The van der Waals surface area contributed by atoms with E-state index < -0.39 is 5.09 Å². The molecule has 11 heavy (non-hydrogen) atoms. The second kappa shape index (κ2) is 3.67. The molecule has 0 aromatic heterocycles. The number of rotatable bonds is 0. The van der Waals surface area contributed by atoms with Crippen LogP contribution in [0, 0.1) is 15.3 Å². The molecule has 0 aliphatic carbocycles. The van der Waals surface area contributed by atoms with E-state index in [1.807, 2.05) is 12.5 Å². The number of hydrogen-bond donors (Lipinski definition) is 0. The summed E-state index contributed by atoms with van der Waals surface area (Å²) in [5.41, 5.74) is 0. The molecule has 0 saturated carbocycles. The highest BCUT2D eigenvalue weighted by atomic mass is 16.9. The lowest BCUT2D eigenvalue weighted by molar-refractivity contribution is -0.732. The van der Waals surface area contributed by atoms with E-state index in [-0.39, 0.29) is 0 Å². The number of hydrogen-bond acceptors (Lipinski definition) is 4. The van der Waals surface area contributed by atoms with Gasteiger partial charge in [-0.15, -0.1) is 0 Å². The lowest BCUT2D eigenvalue weighted by atomic mass is 10.7. The fourth-order valence-corrected chi connectivity index (χ4v) is 0.459. The molecule has 1 aliphatic heterocycles. The van der Waals surface area contributed by atoms with Crippen molar-refractivity contribution in [3.05, 3.63) is 27.7 Å². The van der Waals surface area contributed by atoms with Gasteiger partial charge in [-0.25, -0.2) is 4.99 Å². The van der Waals surface area contributed by atoms with Gasteiger partial charge in [-0.2, -0.15) is 0 Å². The van der Waals surface area contributed by atoms with Crippen LogP contribution in [0.25, 0.3) is 0 Å². The Morgan fingerprint density at radius 1 is 1.45 bits per heavy atom. The normalized spacial score (nSPS) is 17.3. The van der Waals surface area contributed by atoms with E-state index in [4.69, 9.17) is 15.3 Å². The minimum atomic E-state index is -1.75.